The number of aromatic nitrogens is 3. The molecule has 5 rings (SSSR count). The van der Waals surface area contributed by atoms with E-state index in [-0.39, 0.29) is 17.1 Å². The van der Waals surface area contributed by atoms with Crippen LogP contribution in [0.5, 0.6) is 5.75 Å². The number of nitrogens with zero attached hydrogens (tertiary/aromatic N) is 4. The van der Waals surface area contributed by atoms with Gasteiger partial charge in [0, 0.05) is 18.3 Å². The number of fused-ring (bicyclic) bond motifs is 1. The quantitative estimate of drug-likeness (QED) is 0.556. The number of halogens is 2. The number of morpholine rings is 1. The van der Waals surface area contributed by atoms with Crippen molar-refractivity contribution in [2.24, 2.45) is 0 Å². The number of benzene rings is 3. The number of hydrogen-bond acceptors (Lipinski definition) is 5. The third-order valence-electron chi connectivity index (χ3n) is 5.34. The number of rotatable bonds is 3. The molecule has 0 saturated carbocycles. The van der Waals surface area contributed by atoms with Crippen molar-refractivity contribution in [3.05, 3.63) is 77.9 Å². The van der Waals surface area contributed by atoms with Gasteiger partial charge in [0.05, 0.1) is 24.9 Å². The summed E-state index contributed by atoms with van der Waals surface area (Å²) in [5, 5.41) is 17.4. The van der Waals surface area contributed by atoms with Crippen LogP contribution in [-0.2, 0) is 4.74 Å². The van der Waals surface area contributed by atoms with E-state index < -0.39 is 17.4 Å². The molecule has 8 heteroatoms. The van der Waals surface area contributed by atoms with Gasteiger partial charge in [-0.05, 0) is 29.8 Å². The Hall–Kier alpha value is -3.52. The van der Waals surface area contributed by atoms with Gasteiger partial charge in [0.1, 0.15) is 11.0 Å². The van der Waals surface area contributed by atoms with Gasteiger partial charge >= 0.3 is 0 Å². The van der Waals surface area contributed by atoms with Crippen molar-refractivity contribution >= 4 is 16.7 Å². The van der Waals surface area contributed by atoms with Gasteiger partial charge < -0.3 is 14.7 Å². The molecule has 1 saturated heterocycles. The molecule has 0 radical (unpaired) electrons. The molecule has 6 nitrogen and oxygen atoms in total. The number of phenolic OH excluding ortho intramolecular Hbond substituents is 1. The Morgan fingerprint density at radius 2 is 1.73 bits per heavy atom. The van der Waals surface area contributed by atoms with Crippen LogP contribution in [-0.4, -0.2) is 39.9 Å². The average Bonchev–Trinajstić information content (AvgIpc) is 3.22. The molecular weight excluding hydrogens is 390 g/mol. The van der Waals surface area contributed by atoms with Crippen LogP contribution >= 0.6 is 0 Å². The van der Waals surface area contributed by atoms with Crippen molar-refractivity contribution in [3.63, 3.8) is 0 Å². The van der Waals surface area contributed by atoms with Crippen molar-refractivity contribution in [2.45, 2.75) is 6.04 Å². The summed E-state index contributed by atoms with van der Waals surface area (Å²) in [6.07, 6.45) is 0. The first-order valence-electron chi connectivity index (χ1n) is 9.55. The molecule has 1 atom stereocenters. The first-order valence-corrected chi connectivity index (χ1v) is 9.55. The van der Waals surface area contributed by atoms with Crippen LogP contribution in [0.2, 0.25) is 0 Å². The van der Waals surface area contributed by atoms with E-state index in [2.05, 4.69) is 27.3 Å². The molecule has 1 fully saturated rings. The van der Waals surface area contributed by atoms with Gasteiger partial charge in [0.15, 0.2) is 17.4 Å². The van der Waals surface area contributed by atoms with Crippen molar-refractivity contribution in [2.75, 3.05) is 24.7 Å². The Bertz CT molecular complexity index is 1200. The maximum Gasteiger partial charge on any atom is 0.195 e. The summed E-state index contributed by atoms with van der Waals surface area (Å²) in [5.74, 6) is -3.19. The normalized spacial score (nSPS) is 16.9. The lowest BCUT2D eigenvalue weighted by Gasteiger charge is -2.37. The average molecular weight is 408 g/mol. The van der Waals surface area contributed by atoms with Crippen molar-refractivity contribution in [3.8, 4) is 11.4 Å². The first-order chi connectivity index (χ1) is 14.6. The molecule has 30 heavy (non-hydrogen) atoms. The van der Waals surface area contributed by atoms with Gasteiger partial charge in [-0.1, -0.05) is 35.5 Å². The zero-order valence-electron chi connectivity index (χ0n) is 15.9. The smallest absolute Gasteiger partial charge is 0.195 e. The van der Waals surface area contributed by atoms with E-state index in [0.717, 1.165) is 18.3 Å². The predicted octanol–water partition coefficient (Wildman–Crippen LogP) is 3.98. The van der Waals surface area contributed by atoms with Gasteiger partial charge in [-0.15, -0.1) is 5.10 Å². The van der Waals surface area contributed by atoms with Gasteiger partial charge in [-0.3, -0.25) is 0 Å². The van der Waals surface area contributed by atoms with Crippen LogP contribution in [0.15, 0.2) is 60.7 Å². The van der Waals surface area contributed by atoms with Gasteiger partial charge in [0.2, 0.25) is 0 Å². The third-order valence-corrected chi connectivity index (χ3v) is 5.34. The molecule has 1 N–H and O–H groups in total. The second-order valence-corrected chi connectivity index (χ2v) is 7.10. The Kier molecular flexibility index (Phi) is 4.55. The SMILES string of the molecule is Oc1c(F)cc2nnn(-c3ccc(N4CCOCC4c4ccccc4)cc3)c2c1F. The second-order valence-electron chi connectivity index (χ2n) is 7.10. The van der Waals surface area contributed by atoms with Crippen LogP contribution < -0.4 is 4.90 Å². The summed E-state index contributed by atoms with van der Waals surface area (Å²) in [4.78, 5) is 2.27. The Morgan fingerprint density at radius 3 is 2.50 bits per heavy atom. The van der Waals surface area contributed by atoms with Gasteiger partial charge in [-0.25, -0.2) is 13.5 Å². The molecule has 0 aliphatic carbocycles. The third kappa shape index (κ3) is 3.05. The fourth-order valence-corrected chi connectivity index (χ4v) is 3.83. The molecule has 3 aromatic carbocycles. The van der Waals surface area contributed by atoms with E-state index in [9.17, 15) is 13.9 Å². The Balaban J connectivity index is 1.50. The fraction of sp³-hybridized carbons (Fsp3) is 0.182. The van der Waals surface area contributed by atoms with Crippen molar-refractivity contribution < 1.29 is 18.6 Å². The van der Waals surface area contributed by atoms with Crippen LogP contribution in [0.4, 0.5) is 14.5 Å². The van der Waals surface area contributed by atoms with E-state index >= 15 is 0 Å². The van der Waals surface area contributed by atoms with Crippen molar-refractivity contribution in [1.29, 1.82) is 0 Å². The Morgan fingerprint density at radius 1 is 1.00 bits per heavy atom. The summed E-state index contributed by atoms with van der Waals surface area (Å²) < 4.78 is 35.0. The minimum atomic E-state index is -1.09. The summed E-state index contributed by atoms with van der Waals surface area (Å²) >= 11 is 0. The summed E-state index contributed by atoms with van der Waals surface area (Å²) in [7, 11) is 0. The van der Waals surface area contributed by atoms with E-state index in [4.69, 9.17) is 4.74 Å². The van der Waals surface area contributed by atoms with E-state index in [1.54, 1.807) is 12.1 Å². The molecule has 152 valence electrons. The minimum Gasteiger partial charge on any atom is -0.503 e. The van der Waals surface area contributed by atoms with Crippen LogP contribution in [0, 0.1) is 11.6 Å². The molecular formula is C22H18F2N4O2. The van der Waals surface area contributed by atoms with E-state index in [1.165, 1.54) is 10.2 Å². The maximum absolute atomic E-state index is 14.4. The lowest BCUT2D eigenvalue weighted by Crippen LogP contribution is -2.39. The lowest BCUT2D eigenvalue weighted by molar-refractivity contribution is 0.0941. The highest BCUT2D eigenvalue weighted by Gasteiger charge is 2.25. The zero-order chi connectivity index (χ0) is 20.7. The standard InChI is InChI=1S/C22H18F2N4O2/c23-17-12-18-21(20(24)22(17)29)28(26-25-18)16-8-6-15(7-9-16)27-10-11-30-13-19(27)14-4-2-1-3-5-14/h1-9,12,19,29H,10-11,13H2. The van der Waals surface area contributed by atoms with Gasteiger partial charge in [0.25, 0.3) is 0 Å². The van der Waals surface area contributed by atoms with Crippen LogP contribution in [0.1, 0.15) is 11.6 Å². The molecule has 1 unspecified atom stereocenters. The summed E-state index contributed by atoms with van der Waals surface area (Å²) in [6.45, 7) is 1.97. The fourth-order valence-electron chi connectivity index (χ4n) is 3.83. The summed E-state index contributed by atoms with van der Waals surface area (Å²) in [5.41, 5.74) is 2.67. The van der Waals surface area contributed by atoms with Gasteiger partial charge in [-0.2, -0.15) is 0 Å². The molecule has 1 aromatic heterocycles. The highest BCUT2D eigenvalue weighted by molar-refractivity contribution is 5.79. The molecule has 2 heterocycles. The minimum absolute atomic E-state index is 0.0317. The molecule has 0 bridgehead atoms. The topological polar surface area (TPSA) is 63.4 Å². The number of ether oxygens (including phenoxy) is 1. The molecule has 1 aliphatic rings. The Labute approximate surface area is 170 Å². The molecule has 1 aliphatic heterocycles. The maximum atomic E-state index is 14.4. The van der Waals surface area contributed by atoms with Crippen LogP contribution in [0.25, 0.3) is 16.7 Å². The van der Waals surface area contributed by atoms with Crippen molar-refractivity contribution in [1.82, 2.24) is 15.0 Å². The molecule has 0 amide bonds. The highest BCUT2D eigenvalue weighted by atomic mass is 19.1. The summed E-state index contributed by atoms with van der Waals surface area (Å²) in [6, 6.07) is 18.6. The highest BCUT2D eigenvalue weighted by Crippen LogP contribution is 2.32. The zero-order valence-corrected chi connectivity index (χ0v) is 15.9. The monoisotopic (exact) mass is 408 g/mol. The van der Waals surface area contributed by atoms with E-state index in [1.807, 2.05) is 30.3 Å². The first kappa shape index (κ1) is 18.5. The number of anilines is 1. The molecule has 0 spiro atoms. The lowest BCUT2D eigenvalue weighted by atomic mass is 10.0. The van der Waals surface area contributed by atoms with Crippen LogP contribution in [0.3, 0.4) is 0 Å². The number of phenols is 1. The predicted molar refractivity (Wildman–Crippen MR) is 108 cm³/mol. The second kappa shape index (κ2) is 7.38. The number of hydrogen-bond donors (Lipinski definition) is 1. The number of aromatic hydroxyl groups is 1. The molecule has 4 aromatic rings. The largest absolute Gasteiger partial charge is 0.503 e. The van der Waals surface area contributed by atoms with E-state index in [0.29, 0.717) is 18.9 Å².